The summed E-state index contributed by atoms with van der Waals surface area (Å²) < 4.78 is 10.3. The number of nitrogens with one attached hydrogen (secondary N) is 1. The molecule has 1 aliphatic rings. The maximum absolute atomic E-state index is 12.5. The van der Waals surface area contributed by atoms with Gasteiger partial charge in [0.15, 0.2) is 0 Å². The maximum atomic E-state index is 12.5. The van der Waals surface area contributed by atoms with Gasteiger partial charge in [0.05, 0.1) is 24.7 Å². The molecular weight excluding hydrogens is 330 g/mol. The molecule has 0 fully saturated rings. The lowest BCUT2D eigenvalue weighted by Gasteiger charge is -2.22. The third-order valence-corrected chi connectivity index (χ3v) is 5.07. The van der Waals surface area contributed by atoms with Crippen LogP contribution in [0.4, 0.5) is 5.00 Å². The van der Waals surface area contributed by atoms with Crippen molar-refractivity contribution in [2.75, 3.05) is 18.5 Å². The van der Waals surface area contributed by atoms with Gasteiger partial charge in [-0.25, -0.2) is 4.79 Å². The quantitative estimate of drug-likeness (QED) is 0.794. The smallest absolute Gasteiger partial charge is 0.341 e. The van der Waals surface area contributed by atoms with Crippen LogP contribution in [0.5, 0.6) is 0 Å². The van der Waals surface area contributed by atoms with Crippen molar-refractivity contribution in [1.82, 2.24) is 0 Å². The molecule has 1 aliphatic carbocycles. The second kappa shape index (κ2) is 8.28. The van der Waals surface area contributed by atoms with Crippen molar-refractivity contribution >= 4 is 34.2 Å². The molecule has 132 valence electrons. The molecule has 0 spiro atoms. The molecule has 0 aromatic carbocycles. The molecule has 0 bridgehead atoms. The summed E-state index contributed by atoms with van der Waals surface area (Å²) in [5.41, 5.74) is 0.992. The van der Waals surface area contributed by atoms with Crippen LogP contribution in [0, 0.1) is 0 Å². The van der Waals surface area contributed by atoms with Gasteiger partial charge in [0.1, 0.15) is 5.00 Å². The first-order valence-corrected chi connectivity index (χ1v) is 9.14. The zero-order chi connectivity index (χ0) is 17.7. The van der Waals surface area contributed by atoms with Gasteiger partial charge in [0.25, 0.3) is 0 Å². The lowest BCUT2D eigenvalue weighted by Crippen LogP contribution is -2.23. The van der Waals surface area contributed by atoms with Crippen LogP contribution in [-0.2, 0) is 25.5 Å². The molecule has 0 saturated heterocycles. The molecule has 1 N–H and O–H groups in total. The predicted molar refractivity (Wildman–Crippen MR) is 91.5 cm³/mol. The van der Waals surface area contributed by atoms with Crippen LogP contribution >= 0.6 is 11.3 Å². The van der Waals surface area contributed by atoms with Crippen molar-refractivity contribution in [2.24, 2.45) is 0 Å². The fourth-order valence-electron chi connectivity index (χ4n) is 2.84. The van der Waals surface area contributed by atoms with Crippen LogP contribution in [0.15, 0.2) is 0 Å². The van der Waals surface area contributed by atoms with E-state index in [0.717, 1.165) is 17.7 Å². The zero-order valence-corrected chi connectivity index (χ0v) is 15.1. The number of carbonyl (C=O) groups is 3. The lowest BCUT2D eigenvalue weighted by molar-refractivity contribution is -0.145. The summed E-state index contributed by atoms with van der Waals surface area (Å²) in [6.07, 6.45) is 2.58. The summed E-state index contributed by atoms with van der Waals surface area (Å²) in [6.45, 7) is 5.75. The topological polar surface area (TPSA) is 81.7 Å². The number of anilines is 1. The second-order valence-electron chi connectivity index (χ2n) is 5.46. The van der Waals surface area contributed by atoms with Gasteiger partial charge in [-0.2, -0.15) is 0 Å². The molecule has 0 saturated carbocycles. The van der Waals surface area contributed by atoms with Crippen LogP contribution in [0.3, 0.4) is 0 Å². The number of fused-ring (bicyclic) bond motifs is 1. The predicted octanol–water partition coefficient (Wildman–Crippen LogP) is 3.26. The van der Waals surface area contributed by atoms with E-state index in [1.165, 1.54) is 11.3 Å². The van der Waals surface area contributed by atoms with Crippen molar-refractivity contribution < 1.29 is 23.9 Å². The minimum Gasteiger partial charge on any atom is -0.466 e. The molecule has 1 unspecified atom stereocenters. The van der Waals surface area contributed by atoms with Crippen molar-refractivity contribution in [3.8, 4) is 0 Å². The monoisotopic (exact) mass is 353 g/mol. The molecule has 1 heterocycles. The Labute approximate surface area is 145 Å². The van der Waals surface area contributed by atoms with Crippen LogP contribution in [-0.4, -0.2) is 31.1 Å². The zero-order valence-electron chi connectivity index (χ0n) is 14.3. The normalized spacial score (nSPS) is 16.2. The highest BCUT2D eigenvalue weighted by Crippen LogP contribution is 2.44. The average molecular weight is 353 g/mol. The highest BCUT2D eigenvalue weighted by molar-refractivity contribution is 7.17. The summed E-state index contributed by atoms with van der Waals surface area (Å²) >= 11 is 1.36. The first-order chi connectivity index (χ1) is 11.5. The number of esters is 2. The molecule has 1 amide bonds. The highest BCUT2D eigenvalue weighted by Gasteiger charge is 2.36. The van der Waals surface area contributed by atoms with E-state index in [1.54, 1.807) is 20.8 Å². The van der Waals surface area contributed by atoms with Gasteiger partial charge in [-0.3, -0.25) is 9.59 Å². The Hall–Kier alpha value is -1.89. The minimum atomic E-state index is -0.502. The van der Waals surface area contributed by atoms with E-state index in [1.807, 2.05) is 0 Å². The van der Waals surface area contributed by atoms with E-state index in [0.29, 0.717) is 35.6 Å². The standard InChI is InChI=1S/C17H23NO5S/c1-4-12(19)18-15-14(17(21)23-6-3)13-10(16(20)22-5-2)8-7-9-11(13)24-15/h10H,4-9H2,1-3H3,(H,18,19). The number of aryl methyl sites for hydroxylation is 1. The van der Waals surface area contributed by atoms with Gasteiger partial charge in [0, 0.05) is 11.3 Å². The Morgan fingerprint density at radius 2 is 1.88 bits per heavy atom. The first kappa shape index (κ1) is 18.4. The Morgan fingerprint density at radius 1 is 1.17 bits per heavy atom. The maximum Gasteiger partial charge on any atom is 0.341 e. The highest BCUT2D eigenvalue weighted by atomic mass is 32.1. The molecule has 1 aromatic heterocycles. The average Bonchev–Trinajstić information content (AvgIpc) is 2.92. The third kappa shape index (κ3) is 3.77. The molecule has 1 atom stereocenters. The number of amides is 1. The number of ether oxygens (including phenoxy) is 2. The van der Waals surface area contributed by atoms with Crippen molar-refractivity contribution in [3.63, 3.8) is 0 Å². The van der Waals surface area contributed by atoms with E-state index in [9.17, 15) is 14.4 Å². The summed E-state index contributed by atoms with van der Waals surface area (Å²) in [6, 6.07) is 0. The molecule has 6 nitrogen and oxygen atoms in total. The van der Waals surface area contributed by atoms with Crippen LogP contribution in [0.1, 0.15) is 66.8 Å². The summed E-state index contributed by atoms with van der Waals surface area (Å²) in [5.74, 6) is -1.48. The van der Waals surface area contributed by atoms with E-state index in [-0.39, 0.29) is 18.5 Å². The molecule has 1 aromatic rings. The second-order valence-corrected chi connectivity index (χ2v) is 6.57. The van der Waals surface area contributed by atoms with Gasteiger partial charge in [-0.1, -0.05) is 6.92 Å². The minimum absolute atomic E-state index is 0.174. The summed E-state index contributed by atoms with van der Waals surface area (Å²) in [4.78, 5) is 37.5. The largest absolute Gasteiger partial charge is 0.466 e. The number of hydrogen-bond acceptors (Lipinski definition) is 6. The number of hydrogen-bond donors (Lipinski definition) is 1. The van der Waals surface area contributed by atoms with Gasteiger partial charge in [0.2, 0.25) is 5.91 Å². The summed E-state index contributed by atoms with van der Waals surface area (Å²) in [7, 11) is 0. The van der Waals surface area contributed by atoms with E-state index >= 15 is 0 Å². The van der Waals surface area contributed by atoms with Gasteiger partial charge < -0.3 is 14.8 Å². The lowest BCUT2D eigenvalue weighted by atomic mass is 9.85. The molecule has 0 aliphatic heterocycles. The fourth-order valence-corrected chi connectivity index (χ4v) is 4.15. The molecule has 7 heteroatoms. The third-order valence-electron chi connectivity index (χ3n) is 3.89. The van der Waals surface area contributed by atoms with E-state index < -0.39 is 11.9 Å². The molecule has 0 radical (unpaired) electrons. The fraction of sp³-hybridized carbons (Fsp3) is 0.588. The van der Waals surface area contributed by atoms with Gasteiger partial charge >= 0.3 is 11.9 Å². The van der Waals surface area contributed by atoms with Crippen molar-refractivity contribution in [2.45, 2.75) is 52.4 Å². The number of carbonyl (C=O) groups excluding carboxylic acids is 3. The first-order valence-electron chi connectivity index (χ1n) is 8.32. The molecule has 2 rings (SSSR count). The number of thiophene rings is 1. The Kier molecular flexibility index (Phi) is 6.36. The van der Waals surface area contributed by atoms with E-state index in [4.69, 9.17) is 9.47 Å². The molecule has 24 heavy (non-hydrogen) atoms. The summed E-state index contributed by atoms with van der Waals surface area (Å²) in [5, 5.41) is 3.25. The van der Waals surface area contributed by atoms with Gasteiger partial charge in [-0.15, -0.1) is 11.3 Å². The van der Waals surface area contributed by atoms with Gasteiger partial charge in [-0.05, 0) is 38.7 Å². The van der Waals surface area contributed by atoms with Crippen molar-refractivity contribution in [1.29, 1.82) is 0 Å². The van der Waals surface area contributed by atoms with E-state index in [2.05, 4.69) is 5.32 Å². The SMILES string of the molecule is CCOC(=O)c1c(NC(=O)CC)sc2c1C(C(=O)OCC)CCC2. The Morgan fingerprint density at radius 3 is 2.50 bits per heavy atom. The van der Waals surface area contributed by atoms with Crippen LogP contribution in [0.25, 0.3) is 0 Å². The number of rotatable bonds is 6. The Balaban J connectivity index is 2.50. The van der Waals surface area contributed by atoms with Crippen LogP contribution < -0.4 is 5.32 Å². The van der Waals surface area contributed by atoms with Crippen LogP contribution in [0.2, 0.25) is 0 Å². The van der Waals surface area contributed by atoms with Crippen molar-refractivity contribution in [3.05, 3.63) is 16.0 Å². The molecular formula is C17H23NO5S. The Bertz CT molecular complexity index is 637.